The summed E-state index contributed by atoms with van der Waals surface area (Å²) < 4.78 is 0. The molecule has 0 amide bonds. The van der Waals surface area contributed by atoms with Crippen molar-refractivity contribution in [2.75, 3.05) is 5.73 Å². The van der Waals surface area contributed by atoms with E-state index in [0.717, 1.165) is 23.2 Å². The molecule has 0 aliphatic rings. The van der Waals surface area contributed by atoms with Gasteiger partial charge in [0.2, 0.25) is 0 Å². The molecular weight excluding hydrogens is 222 g/mol. The zero-order valence-electron chi connectivity index (χ0n) is 12.4. The lowest BCUT2D eigenvalue weighted by atomic mass is 9.82. The number of anilines is 1. The van der Waals surface area contributed by atoms with Gasteiger partial charge in [-0.2, -0.15) is 0 Å². The van der Waals surface area contributed by atoms with Crippen LogP contribution in [0, 0.1) is 0 Å². The molecule has 1 rings (SSSR count). The van der Waals surface area contributed by atoms with Crippen LogP contribution in [-0.2, 0) is 5.41 Å². The summed E-state index contributed by atoms with van der Waals surface area (Å²) in [7, 11) is 0. The lowest BCUT2D eigenvalue weighted by Crippen LogP contribution is -2.13. The molecule has 1 atom stereocenters. The van der Waals surface area contributed by atoms with Gasteiger partial charge in [0.05, 0.1) is 0 Å². The van der Waals surface area contributed by atoms with Crippen molar-refractivity contribution in [3.8, 4) is 5.75 Å². The van der Waals surface area contributed by atoms with Gasteiger partial charge < -0.3 is 10.8 Å². The van der Waals surface area contributed by atoms with E-state index >= 15 is 0 Å². The molecule has 2 heteroatoms. The molecule has 0 saturated heterocycles. The molecule has 0 fully saturated rings. The average Bonchev–Trinajstić information content (AvgIpc) is 2.27. The summed E-state index contributed by atoms with van der Waals surface area (Å²) in [4.78, 5) is 0. The number of aromatic hydroxyl groups is 1. The SMILES string of the molecule is CCCCC(C)c1cc(N)cc(C(C)(C)C)c1O. The Hall–Kier alpha value is -1.18. The molecule has 1 aromatic carbocycles. The highest BCUT2D eigenvalue weighted by Gasteiger charge is 2.22. The summed E-state index contributed by atoms with van der Waals surface area (Å²) in [6, 6.07) is 3.82. The Morgan fingerprint density at radius 1 is 1.28 bits per heavy atom. The number of hydrogen-bond acceptors (Lipinski definition) is 2. The summed E-state index contributed by atoms with van der Waals surface area (Å²) in [5.74, 6) is 0.787. The van der Waals surface area contributed by atoms with Crippen LogP contribution in [0.15, 0.2) is 12.1 Å². The predicted molar refractivity (Wildman–Crippen MR) is 79.2 cm³/mol. The molecule has 0 aromatic heterocycles. The Kier molecular flexibility index (Phi) is 4.66. The lowest BCUT2D eigenvalue weighted by Gasteiger charge is -2.24. The number of hydrogen-bond donors (Lipinski definition) is 2. The Labute approximate surface area is 111 Å². The van der Waals surface area contributed by atoms with Gasteiger partial charge in [-0.1, -0.05) is 47.5 Å². The molecule has 2 nitrogen and oxygen atoms in total. The van der Waals surface area contributed by atoms with Crippen LogP contribution in [0.2, 0.25) is 0 Å². The first-order valence-electron chi connectivity index (χ1n) is 6.90. The molecule has 102 valence electrons. The van der Waals surface area contributed by atoms with E-state index in [0.29, 0.717) is 11.7 Å². The van der Waals surface area contributed by atoms with Crippen LogP contribution in [0.3, 0.4) is 0 Å². The highest BCUT2D eigenvalue weighted by atomic mass is 16.3. The molecule has 3 N–H and O–H groups in total. The normalized spacial score (nSPS) is 13.6. The van der Waals surface area contributed by atoms with Crippen molar-refractivity contribution in [2.24, 2.45) is 0 Å². The van der Waals surface area contributed by atoms with Crippen LogP contribution >= 0.6 is 0 Å². The Morgan fingerprint density at radius 2 is 1.89 bits per heavy atom. The van der Waals surface area contributed by atoms with Crippen LogP contribution in [0.4, 0.5) is 5.69 Å². The maximum atomic E-state index is 10.5. The first kappa shape index (κ1) is 14.9. The van der Waals surface area contributed by atoms with E-state index in [1.165, 1.54) is 12.8 Å². The summed E-state index contributed by atoms with van der Waals surface area (Å²) >= 11 is 0. The second kappa shape index (κ2) is 5.64. The Balaban J connectivity index is 3.17. The van der Waals surface area contributed by atoms with Crippen molar-refractivity contribution in [1.29, 1.82) is 0 Å². The van der Waals surface area contributed by atoms with Gasteiger partial charge >= 0.3 is 0 Å². The topological polar surface area (TPSA) is 46.2 Å². The number of phenolic OH excluding ortho intramolecular Hbond substituents is 1. The zero-order valence-corrected chi connectivity index (χ0v) is 12.4. The van der Waals surface area contributed by atoms with Crippen molar-refractivity contribution >= 4 is 5.69 Å². The van der Waals surface area contributed by atoms with Gasteiger partial charge in [-0.25, -0.2) is 0 Å². The zero-order chi connectivity index (χ0) is 13.9. The number of unbranched alkanes of at least 4 members (excludes halogenated alkanes) is 1. The van der Waals surface area contributed by atoms with Gasteiger partial charge in [0.1, 0.15) is 5.75 Å². The summed E-state index contributed by atoms with van der Waals surface area (Å²) in [6.07, 6.45) is 3.46. The van der Waals surface area contributed by atoms with Crippen molar-refractivity contribution in [3.63, 3.8) is 0 Å². The molecular formula is C16H27NO. The van der Waals surface area contributed by atoms with E-state index in [-0.39, 0.29) is 5.41 Å². The second-order valence-electron chi connectivity index (χ2n) is 6.30. The maximum Gasteiger partial charge on any atom is 0.122 e. The van der Waals surface area contributed by atoms with E-state index in [2.05, 4.69) is 34.6 Å². The van der Waals surface area contributed by atoms with Crippen LogP contribution in [-0.4, -0.2) is 5.11 Å². The first-order chi connectivity index (χ1) is 8.27. The smallest absolute Gasteiger partial charge is 0.122 e. The van der Waals surface area contributed by atoms with E-state index in [4.69, 9.17) is 5.73 Å². The van der Waals surface area contributed by atoms with E-state index in [1.54, 1.807) is 0 Å². The quantitative estimate of drug-likeness (QED) is 0.606. The third kappa shape index (κ3) is 3.41. The lowest BCUT2D eigenvalue weighted by molar-refractivity contribution is 0.433. The van der Waals surface area contributed by atoms with Gasteiger partial charge in [0.25, 0.3) is 0 Å². The minimum Gasteiger partial charge on any atom is -0.507 e. The van der Waals surface area contributed by atoms with Crippen molar-refractivity contribution in [1.82, 2.24) is 0 Å². The number of benzene rings is 1. The molecule has 0 aliphatic carbocycles. The third-order valence-corrected chi connectivity index (χ3v) is 3.49. The number of nitrogen functional groups attached to an aromatic ring is 1. The minimum absolute atomic E-state index is 0.0846. The van der Waals surface area contributed by atoms with E-state index in [1.807, 2.05) is 12.1 Å². The molecule has 18 heavy (non-hydrogen) atoms. The fourth-order valence-corrected chi connectivity index (χ4v) is 2.29. The highest BCUT2D eigenvalue weighted by Crippen LogP contribution is 2.39. The van der Waals surface area contributed by atoms with Gasteiger partial charge in [0, 0.05) is 11.3 Å². The molecule has 1 unspecified atom stereocenters. The van der Waals surface area contributed by atoms with Crippen LogP contribution in [0.1, 0.15) is 70.9 Å². The molecule has 0 radical (unpaired) electrons. The maximum absolute atomic E-state index is 10.5. The summed E-state index contributed by atoms with van der Waals surface area (Å²) in [6.45, 7) is 10.6. The summed E-state index contributed by atoms with van der Waals surface area (Å²) in [5, 5.41) is 10.5. The molecule has 0 saturated carbocycles. The molecule has 1 aromatic rings. The highest BCUT2D eigenvalue weighted by molar-refractivity contribution is 5.56. The van der Waals surface area contributed by atoms with Gasteiger partial charge in [0.15, 0.2) is 0 Å². The van der Waals surface area contributed by atoms with E-state index in [9.17, 15) is 5.11 Å². The summed E-state index contributed by atoms with van der Waals surface area (Å²) in [5.41, 5.74) is 8.58. The second-order valence-corrected chi connectivity index (χ2v) is 6.30. The largest absolute Gasteiger partial charge is 0.507 e. The standard InChI is InChI=1S/C16H27NO/c1-6-7-8-11(2)13-9-12(17)10-14(15(13)18)16(3,4)5/h9-11,18H,6-8,17H2,1-5H3. The van der Waals surface area contributed by atoms with Crippen LogP contribution in [0.25, 0.3) is 0 Å². The molecule has 0 spiro atoms. The van der Waals surface area contributed by atoms with Crippen molar-refractivity contribution in [3.05, 3.63) is 23.3 Å². The first-order valence-corrected chi connectivity index (χ1v) is 6.90. The van der Waals surface area contributed by atoms with Crippen molar-refractivity contribution < 1.29 is 5.11 Å². The number of phenols is 1. The third-order valence-electron chi connectivity index (χ3n) is 3.49. The molecule has 0 bridgehead atoms. The average molecular weight is 249 g/mol. The number of nitrogens with two attached hydrogens (primary N) is 1. The number of rotatable bonds is 4. The Morgan fingerprint density at radius 3 is 2.39 bits per heavy atom. The fraction of sp³-hybridized carbons (Fsp3) is 0.625. The van der Waals surface area contributed by atoms with E-state index < -0.39 is 0 Å². The van der Waals surface area contributed by atoms with Gasteiger partial charge in [-0.15, -0.1) is 0 Å². The van der Waals surface area contributed by atoms with Crippen LogP contribution in [0.5, 0.6) is 5.75 Å². The van der Waals surface area contributed by atoms with Crippen molar-refractivity contribution in [2.45, 2.75) is 65.2 Å². The Bertz CT molecular complexity index is 404. The van der Waals surface area contributed by atoms with Gasteiger partial charge in [-0.05, 0) is 35.4 Å². The fourth-order valence-electron chi connectivity index (χ4n) is 2.29. The monoisotopic (exact) mass is 249 g/mol. The van der Waals surface area contributed by atoms with Gasteiger partial charge in [-0.3, -0.25) is 0 Å². The van der Waals surface area contributed by atoms with Crippen LogP contribution < -0.4 is 5.73 Å². The minimum atomic E-state index is -0.0846. The predicted octanol–water partition coefficient (Wildman–Crippen LogP) is 4.57. The molecule has 0 aliphatic heterocycles. The molecule has 0 heterocycles.